The van der Waals surface area contributed by atoms with Gasteiger partial charge in [0.1, 0.15) is 6.04 Å². The molecule has 1 aromatic heterocycles. The van der Waals surface area contributed by atoms with Crippen molar-refractivity contribution in [3.05, 3.63) is 119 Å². The van der Waals surface area contributed by atoms with E-state index in [1.165, 1.54) is 24.3 Å². The number of carboxylic acid groups (broad SMARTS) is 1. The van der Waals surface area contributed by atoms with E-state index in [1.54, 1.807) is 36.4 Å². The minimum Gasteiger partial charge on any atom is -0.480 e. The Morgan fingerprint density at radius 1 is 0.814 bits per heavy atom. The van der Waals surface area contributed by atoms with Crippen molar-refractivity contribution in [3.8, 4) is 17.1 Å². The number of benzene rings is 4. The van der Waals surface area contributed by atoms with Crippen LogP contribution in [0.25, 0.3) is 11.1 Å². The van der Waals surface area contributed by atoms with Gasteiger partial charge in [0.2, 0.25) is 11.9 Å². The maximum atomic E-state index is 13.0. The van der Waals surface area contributed by atoms with Crippen molar-refractivity contribution in [1.29, 1.82) is 0 Å². The van der Waals surface area contributed by atoms with Crippen molar-refractivity contribution in [2.24, 2.45) is 5.73 Å². The smallest absolute Gasteiger partial charge is 0.422 e. The molecule has 3 amide bonds. The van der Waals surface area contributed by atoms with E-state index in [4.69, 9.17) is 22.1 Å². The second kappa shape index (κ2) is 18.2. The third kappa shape index (κ3) is 11.6. The number of hydrogen-bond donors (Lipinski definition) is 7. The molecule has 1 saturated carbocycles. The molecule has 5 aromatic rings. The fraction of sp³-hybridized carbons (Fsp3) is 0.225. The zero-order chi connectivity index (χ0) is 42.2. The van der Waals surface area contributed by atoms with Crippen molar-refractivity contribution in [2.45, 2.75) is 43.6 Å². The van der Waals surface area contributed by atoms with E-state index in [1.807, 2.05) is 36.4 Å². The number of rotatable bonds is 16. The zero-order valence-electron chi connectivity index (χ0n) is 31.0. The van der Waals surface area contributed by atoms with Crippen LogP contribution in [0.1, 0.15) is 40.7 Å². The molecule has 4 aromatic carbocycles. The molecule has 0 bridgehead atoms. The highest BCUT2D eigenvalue weighted by atomic mass is 35.5. The number of anilines is 4. The summed E-state index contributed by atoms with van der Waals surface area (Å²) in [6.45, 7) is -1.46. The third-order valence-corrected chi connectivity index (χ3v) is 9.33. The lowest BCUT2D eigenvalue weighted by Crippen LogP contribution is -2.44. The number of amides is 3. The van der Waals surface area contributed by atoms with Gasteiger partial charge in [-0.15, -0.1) is 0 Å². The number of aromatic nitrogens is 3. The monoisotopic (exact) mass is 831 g/mol. The fourth-order valence-electron chi connectivity index (χ4n) is 5.78. The van der Waals surface area contributed by atoms with Crippen LogP contribution in [0.4, 0.5) is 36.4 Å². The molecular weight excluding hydrogens is 795 g/mol. The predicted molar refractivity (Wildman–Crippen MR) is 212 cm³/mol. The molecule has 1 heterocycles. The zero-order valence-corrected chi connectivity index (χ0v) is 31.7. The number of hydrogen-bond acceptors (Lipinski definition) is 11. The number of nitrogens with one attached hydrogen (secondary N) is 5. The van der Waals surface area contributed by atoms with Gasteiger partial charge in [0, 0.05) is 35.1 Å². The van der Waals surface area contributed by atoms with Crippen LogP contribution < -0.4 is 37.1 Å². The lowest BCUT2D eigenvalue weighted by atomic mass is 10.0. The molecule has 6 rings (SSSR count). The fourth-order valence-corrected chi connectivity index (χ4v) is 5.91. The summed E-state index contributed by atoms with van der Waals surface area (Å²) in [6.07, 6.45) is -3.50. The van der Waals surface area contributed by atoms with E-state index in [2.05, 4.69) is 41.5 Å². The normalized spacial score (nSPS) is 13.4. The van der Waals surface area contributed by atoms with Gasteiger partial charge in [0.05, 0.1) is 5.54 Å². The average molecular weight is 832 g/mol. The Balaban J connectivity index is 1.02. The standard InChI is InChI=1S/C40H37ClF3N9O6/c41-28-11-9-27(10-12-28)39(18-19-39)53-37-50-36(51-38(52-37)59-22-40(42,43)44)48-30-15-7-26(8-16-30)32(54)49-31(35(57)58)17-20-46-33(55)34(56)47-29-13-5-25(6-14-29)24-3-1-23(21-45)2-4-24/h1-16,31H,17-22,45H2,(H,46,55)(H,47,56)(H,49,54)(H,57,58)(H2,48,50,51,52,53)/t31-/m0/s1. The van der Waals surface area contributed by atoms with Gasteiger partial charge in [-0.05, 0) is 90.0 Å². The molecule has 0 radical (unpaired) electrons. The van der Waals surface area contributed by atoms with Crippen molar-refractivity contribution >= 4 is 58.6 Å². The molecule has 8 N–H and O–H groups in total. The lowest BCUT2D eigenvalue weighted by molar-refractivity contribution is -0.154. The lowest BCUT2D eigenvalue weighted by Gasteiger charge is -2.19. The van der Waals surface area contributed by atoms with Gasteiger partial charge >= 0.3 is 30.0 Å². The summed E-state index contributed by atoms with van der Waals surface area (Å²) in [4.78, 5) is 62.2. The first-order chi connectivity index (χ1) is 28.2. The van der Waals surface area contributed by atoms with Crippen LogP contribution in [0.15, 0.2) is 97.1 Å². The Morgan fingerprint density at radius 2 is 1.42 bits per heavy atom. The van der Waals surface area contributed by atoms with Crippen molar-refractivity contribution in [3.63, 3.8) is 0 Å². The molecule has 0 aliphatic heterocycles. The number of ether oxygens (including phenoxy) is 1. The molecule has 0 spiro atoms. The van der Waals surface area contributed by atoms with E-state index in [-0.39, 0.29) is 30.4 Å². The molecule has 0 saturated heterocycles. The first-order valence-electron chi connectivity index (χ1n) is 18.1. The van der Waals surface area contributed by atoms with Gasteiger partial charge in [-0.2, -0.15) is 28.1 Å². The number of carboxylic acids is 1. The number of carbonyl (C=O) groups excluding carboxylic acids is 3. The number of nitrogens with two attached hydrogens (primary N) is 1. The summed E-state index contributed by atoms with van der Waals surface area (Å²) in [5.41, 5.74) is 9.54. The molecule has 1 fully saturated rings. The summed E-state index contributed by atoms with van der Waals surface area (Å²) in [5, 5.41) is 23.5. The maximum absolute atomic E-state index is 13.0. The second-order valence-corrected chi connectivity index (χ2v) is 13.9. The van der Waals surface area contributed by atoms with Gasteiger partial charge in [-0.1, -0.05) is 60.1 Å². The highest BCUT2D eigenvalue weighted by Crippen LogP contribution is 2.48. The number of carbonyl (C=O) groups is 4. The summed E-state index contributed by atoms with van der Waals surface area (Å²) < 4.78 is 43.7. The van der Waals surface area contributed by atoms with Gasteiger partial charge in [-0.25, -0.2) is 4.79 Å². The van der Waals surface area contributed by atoms with Crippen LogP contribution in [0.3, 0.4) is 0 Å². The second-order valence-electron chi connectivity index (χ2n) is 13.4. The Labute approximate surface area is 340 Å². The van der Waals surface area contributed by atoms with Gasteiger partial charge in [-0.3, -0.25) is 14.4 Å². The molecule has 59 heavy (non-hydrogen) atoms. The molecule has 1 aliphatic rings. The van der Waals surface area contributed by atoms with Gasteiger partial charge < -0.3 is 42.2 Å². The summed E-state index contributed by atoms with van der Waals surface area (Å²) in [7, 11) is 0. The van der Waals surface area contributed by atoms with Crippen LogP contribution >= 0.6 is 11.6 Å². The minimum atomic E-state index is -4.65. The van der Waals surface area contributed by atoms with Crippen LogP contribution in [-0.4, -0.2) is 69.1 Å². The van der Waals surface area contributed by atoms with Crippen molar-refractivity contribution < 1.29 is 42.2 Å². The summed E-state index contributed by atoms with van der Waals surface area (Å²) in [6, 6.07) is 25.2. The number of aliphatic carboxylic acids is 1. The maximum Gasteiger partial charge on any atom is 0.422 e. The van der Waals surface area contributed by atoms with Crippen LogP contribution in [-0.2, 0) is 26.5 Å². The largest absolute Gasteiger partial charge is 0.480 e. The van der Waals surface area contributed by atoms with Crippen LogP contribution in [0, 0.1) is 0 Å². The topological polar surface area (TPSA) is 223 Å². The molecule has 0 unspecified atom stereocenters. The SMILES string of the molecule is NCc1ccc(-c2ccc(NC(=O)C(=O)NCC[C@H](NC(=O)c3ccc(Nc4nc(NC5(c6ccc(Cl)cc6)CC5)nc(OCC(F)(F)F)n4)cc3)C(=O)O)cc2)cc1. The van der Waals surface area contributed by atoms with Crippen LogP contribution in [0.2, 0.25) is 5.02 Å². The highest BCUT2D eigenvalue weighted by Gasteiger charge is 2.45. The van der Waals surface area contributed by atoms with E-state index in [9.17, 15) is 37.5 Å². The molecule has 306 valence electrons. The average Bonchev–Trinajstić information content (AvgIpc) is 4.00. The van der Waals surface area contributed by atoms with Gasteiger partial charge in [0.25, 0.3) is 5.91 Å². The number of alkyl halides is 3. The van der Waals surface area contributed by atoms with Crippen molar-refractivity contribution in [1.82, 2.24) is 25.6 Å². The molecule has 1 atom stereocenters. The van der Waals surface area contributed by atoms with E-state index in [0.29, 0.717) is 35.8 Å². The van der Waals surface area contributed by atoms with Crippen molar-refractivity contribution in [2.75, 3.05) is 29.1 Å². The first kappa shape index (κ1) is 41.8. The molecular formula is C40H37ClF3N9O6. The number of nitrogens with zero attached hydrogens (tertiary/aromatic N) is 3. The third-order valence-electron chi connectivity index (χ3n) is 9.07. The Kier molecular flexibility index (Phi) is 12.9. The van der Waals surface area contributed by atoms with E-state index < -0.39 is 54.1 Å². The van der Waals surface area contributed by atoms with E-state index in [0.717, 1.165) is 22.3 Å². The Hall–Kier alpha value is -6.79. The Bertz CT molecular complexity index is 2290. The predicted octanol–water partition coefficient (Wildman–Crippen LogP) is 5.76. The summed E-state index contributed by atoms with van der Waals surface area (Å²) in [5.74, 6) is -4.30. The molecule has 15 nitrogen and oxygen atoms in total. The van der Waals surface area contributed by atoms with E-state index >= 15 is 0 Å². The molecule has 1 aliphatic carbocycles. The van der Waals surface area contributed by atoms with Gasteiger partial charge in [0.15, 0.2) is 6.61 Å². The van der Waals surface area contributed by atoms with Crippen LogP contribution in [0.5, 0.6) is 6.01 Å². The first-order valence-corrected chi connectivity index (χ1v) is 18.5. The summed E-state index contributed by atoms with van der Waals surface area (Å²) >= 11 is 6.03. The minimum absolute atomic E-state index is 0.0455. The number of halogens is 4. The Morgan fingerprint density at radius 3 is 2.02 bits per heavy atom. The molecule has 19 heteroatoms. The quantitative estimate of drug-likeness (QED) is 0.0590. The highest BCUT2D eigenvalue weighted by molar-refractivity contribution is 6.39.